The molecule has 0 bridgehead atoms. The van der Waals surface area contributed by atoms with E-state index in [-0.39, 0.29) is 12.1 Å². The summed E-state index contributed by atoms with van der Waals surface area (Å²) >= 11 is 0. The highest BCUT2D eigenvalue weighted by Gasteiger charge is 2.43. The summed E-state index contributed by atoms with van der Waals surface area (Å²) in [6, 6.07) is 0. The lowest BCUT2D eigenvalue weighted by molar-refractivity contribution is -0.470. The smallest absolute Gasteiger partial charge is 0.367 e. The molecule has 16 heavy (non-hydrogen) atoms. The van der Waals surface area contributed by atoms with Crippen LogP contribution in [0.25, 0.3) is 0 Å². The van der Waals surface area contributed by atoms with Gasteiger partial charge in [-0.2, -0.15) is 0 Å². The van der Waals surface area contributed by atoms with Gasteiger partial charge in [0.05, 0.1) is 26.4 Å². The van der Waals surface area contributed by atoms with E-state index in [1.54, 1.807) is 7.11 Å². The van der Waals surface area contributed by atoms with Gasteiger partial charge in [0.15, 0.2) is 5.54 Å². The lowest BCUT2D eigenvalue weighted by Crippen LogP contribution is -2.78. The molecule has 5 heteroatoms. The normalized spacial score (nSPS) is 30.1. The van der Waals surface area contributed by atoms with Crippen LogP contribution in [0.3, 0.4) is 0 Å². The van der Waals surface area contributed by atoms with Crippen LogP contribution < -0.4 is 5.73 Å². The average Bonchev–Trinajstić information content (AvgIpc) is 2.31. The van der Waals surface area contributed by atoms with Crippen molar-refractivity contribution in [2.24, 2.45) is 0 Å². The Labute approximate surface area is 96.2 Å². The predicted molar refractivity (Wildman–Crippen MR) is 57.7 cm³/mol. The second-order valence-corrected chi connectivity index (χ2v) is 4.33. The number of hydrogen-bond acceptors (Lipinski definition) is 4. The first kappa shape index (κ1) is 13.4. The van der Waals surface area contributed by atoms with Gasteiger partial charge in [0.25, 0.3) is 0 Å². The Morgan fingerprint density at radius 2 is 1.94 bits per heavy atom. The summed E-state index contributed by atoms with van der Waals surface area (Å²) in [5, 5.41) is 0. The molecule has 0 heterocycles. The highest BCUT2D eigenvalue weighted by Crippen LogP contribution is 2.27. The summed E-state index contributed by atoms with van der Waals surface area (Å²) in [6.07, 6.45) is 3.42. The first-order valence-electron chi connectivity index (χ1n) is 5.66. The minimum absolute atomic E-state index is 0.206. The van der Waals surface area contributed by atoms with Crippen molar-refractivity contribution in [3.63, 3.8) is 0 Å². The third-order valence-corrected chi connectivity index (χ3v) is 3.15. The van der Waals surface area contributed by atoms with Crippen molar-refractivity contribution in [2.45, 2.75) is 37.3 Å². The van der Waals surface area contributed by atoms with Crippen LogP contribution in [-0.4, -0.2) is 45.0 Å². The second kappa shape index (κ2) is 6.18. The number of ether oxygens (including phenoxy) is 3. The number of carbonyl (C=O) groups excluding carboxylic acids is 1. The van der Waals surface area contributed by atoms with E-state index in [1.165, 1.54) is 7.11 Å². The molecule has 1 aliphatic carbocycles. The Hall–Kier alpha value is -0.650. The predicted octanol–water partition coefficient (Wildman–Crippen LogP) is -0.254. The zero-order chi connectivity index (χ0) is 12.0. The van der Waals surface area contributed by atoms with Crippen molar-refractivity contribution in [2.75, 3.05) is 27.4 Å². The first-order chi connectivity index (χ1) is 7.62. The topological polar surface area (TPSA) is 72.4 Å². The monoisotopic (exact) mass is 232 g/mol. The van der Waals surface area contributed by atoms with Crippen molar-refractivity contribution in [1.82, 2.24) is 0 Å². The molecule has 0 amide bonds. The van der Waals surface area contributed by atoms with Gasteiger partial charge in [0, 0.05) is 20.0 Å². The van der Waals surface area contributed by atoms with E-state index < -0.39 is 5.54 Å². The zero-order valence-corrected chi connectivity index (χ0v) is 10.2. The van der Waals surface area contributed by atoms with Crippen LogP contribution in [0.5, 0.6) is 0 Å². The maximum Gasteiger partial charge on any atom is 0.367 e. The Morgan fingerprint density at radius 3 is 2.44 bits per heavy atom. The zero-order valence-electron chi connectivity index (χ0n) is 10.2. The van der Waals surface area contributed by atoms with Gasteiger partial charge in [-0.1, -0.05) is 0 Å². The van der Waals surface area contributed by atoms with Gasteiger partial charge in [-0.05, 0) is 12.8 Å². The molecular formula is C11H22NO4+. The summed E-state index contributed by atoms with van der Waals surface area (Å²) in [5.41, 5.74) is 3.42. The lowest BCUT2D eigenvalue weighted by Gasteiger charge is -2.31. The largest absolute Gasteiger partial charge is 0.464 e. The average molecular weight is 232 g/mol. The van der Waals surface area contributed by atoms with Gasteiger partial charge in [-0.3, -0.25) is 0 Å². The number of methoxy groups -OCH3 is 2. The van der Waals surface area contributed by atoms with Gasteiger partial charge in [0.2, 0.25) is 0 Å². The van der Waals surface area contributed by atoms with Crippen LogP contribution in [0.1, 0.15) is 25.7 Å². The number of quaternary nitrogens is 1. The molecule has 0 aromatic carbocycles. The van der Waals surface area contributed by atoms with Crippen LogP contribution in [0, 0.1) is 0 Å². The maximum atomic E-state index is 11.5. The lowest BCUT2D eigenvalue weighted by atomic mass is 9.81. The number of rotatable bonds is 5. The molecular weight excluding hydrogens is 210 g/mol. The molecule has 0 radical (unpaired) electrons. The summed E-state index contributed by atoms with van der Waals surface area (Å²) in [5.74, 6) is -0.206. The molecule has 3 N–H and O–H groups in total. The maximum absolute atomic E-state index is 11.5. The molecule has 94 valence electrons. The third kappa shape index (κ3) is 3.43. The summed E-state index contributed by atoms with van der Waals surface area (Å²) in [4.78, 5) is 11.5. The second-order valence-electron chi connectivity index (χ2n) is 4.33. The van der Waals surface area contributed by atoms with E-state index in [1.807, 2.05) is 0 Å². The van der Waals surface area contributed by atoms with Crippen LogP contribution in [-0.2, 0) is 19.0 Å². The van der Waals surface area contributed by atoms with E-state index in [2.05, 4.69) is 5.73 Å². The third-order valence-electron chi connectivity index (χ3n) is 3.15. The van der Waals surface area contributed by atoms with E-state index in [0.29, 0.717) is 13.2 Å². The number of esters is 1. The van der Waals surface area contributed by atoms with Gasteiger partial charge in [0.1, 0.15) is 0 Å². The van der Waals surface area contributed by atoms with Gasteiger partial charge >= 0.3 is 5.97 Å². The highest BCUT2D eigenvalue weighted by molar-refractivity contribution is 5.78. The Bertz CT molecular complexity index is 224. The first-order valence-corrected chi connectivity index (χ1v) is 5.66. The summed E-state index contributed by atoms with van der Waals surface area (Å²) in [7, 11) is 3.07. The summed E-state index contributed by atoms with van der Waals surface area (Å²) < 4.78 is 15.3. The highest BCUT2D eigenvalue weighted by atomic mass is 16.5. The van der Waals surface area contributed by atoms with Gasteiger partial charge < -0.3 is 19.9 Å². The molecule has 0 aromatic rings. The molecule has 0 unspecified atom stereocenters. The molecule has 0 aromatic heterocycles. The molecule has 1 saturated carbocycles. The Morgan fingerprint density at radius 1 is 1.31 bits per heavy atom. The SMILES string of the molecule is COCCOC1CCC([NH3+])(C(=O)OC)CC1. The van der Waals surface area contributed by atoms with Crippen molar-refractivity contribution >= 4 is 5.97 Å². The number of hydrogen-bond donors (Lipinski definition) is 1. The van der Waals surface area contributed by atoms with E-state index >= 15 is 0 Å². The fourth-order valence-electron chi connectivity index (χ4n) is 2.03. The molecule has 1 aliphatic rings. The molecule has 0 atom stereocenters. The quantitative estimate of drug-likeness (QED) is 0.524. The number of carbonyl (C=O) groups is 1. The van der Waals surface area contributed by atoms with Crippen molar-refractivity contribution in [3.8, 4) is 0 Å². The van der Waals surface area contributed by atoms with E-state index in [4.69, 9.17) is 14.2 Å². The van der Waals surface area contributed by atoms with Crippen LogP contribution >= 0.6 is 0 Å². The summed E-state index contributed by atoms with van der Waals surface area (Å²) in [6.45, 7) is 1.23. The minimum Gasteiger partial charge on any atom is -0.464 e. The van der Waals surface area contributed by atoms with Gasteiger partial charge in [-0.15, -0.1) is 0 Å². The van der Waals surface area contributed by atoms with E-state index in [9.17, 15) is 4.79 Å². The van der Waals surface area contributed by atoms with Crippen LogP contribution in [0.4, 0.5) is 0 Å². The molecule has 1 rings (SSSR count). The fourth-order valence-corrected chi connectivity index (χ4v) is 2.03. The Kier molecular flexibility index (Phi) is 5.18. The minimum atomic E-state index is -0.560. The van der Waals surface area contributed by atoms with E-state index in [0.717, 1.165) is 25.7 Å². The molecule has 1 fully saturated rings. The van der Waals surface area contributed by atoms with Crippen molar-refractivity contribution in [3.05, 3.63) is 0 Å². The fraction of sp³-hybridized carbons (Fsp3) is 0.909. The van der Waals surface area contributed by atoms with Crippen molar-refractivity contribution < 1.29 is 24.7 Å². The van der Waals surface area contributed by atoms with Crippen molar-refractivity contribution in [1.29, 1.82) is 0 Å². The van der Waals surface area contributed by atoms with Crippen LogP contribution in [0.2, 0.25) is 0 Å². The van der Waals surface area contributed by atoms with Crippen LogP contribution in [0.15, 0.2) is 0 Å². The molecule has 5 nitrogen and oxygen atoms in total. The Balaban J connectivity index is 2.30. The van der Waals surface area contributed by atoms with Gasteiger partial charge in [-0.25, -0.2) is 4.79 Å². The molecule has 0 spiro atoms. The molecule has 0 aliphatic heterocycles. The standard InChI is InChI=1S/C11H21NO4/c1-14-7-8-16-9-3-5-11(12,6-4-9)10(13)15-2/h9H,3-8,12H2,1-2H3/p+1. The molecule has 0 saturated heterocycles.